The fourth-order valence-corrected chi connectivity index (χ4v) is 3.95. The van der Waals surface area contributed by atoms with Gasteiger partial charge in [-0.2, -0.15) is 5.10 Å². The summed E-state index contributed by atoms with van der Waals surface area (Å²) in [6, 6.07) is 0.309. The van der Waals surface area contributed by atoms with Crippen molar-refractivity contribution in [3.8, 4) is 0 Å². The van der Waals surface area contributed by atoms with Crippen LogP contribution in [0.1, 0.15) is 30.9 Å². The summed E-state index contributed by atoms with van der Waals surface area (Å²) in [7, 11) is 6.20. The van der Waals surface area contributed by atoms with E-state index in [1.54, 1.807) is 0 Å². The Morgan fingerprint density at radius 2 is 2.23 bits per heavy atom. The minimum atomic E-state index is -0.0678. The van der Waals surface area contributed by atoms with E-state index < -0.39 is 0 Å². The van der Waals surface area contributed by atoms with Gasteiger partial charge in [0, 0.05) is 37.8 Å². The molecule has 3 rings (SSSR count). The van der Waals surface area contributed by atoms with Gasteiger partial charge in [-0.15, -0.1) is 0 Å². The number of piperidine rings is 1. The predicted octanol–water partition coefficient (Wildman–Crippen LogP) is 1.05. The smallest absolute Gasteiger partial charge is 0.323 e. The van der Waals surface area contributed by atoms with Crippen molar-refractivity contribution >= 4 is 5.97 Å². The van der Waals surface area contributed by atoms with Crippen LogP contribution in [0.5, 0.6) is 0 Å². The van der Waals surface area contributed by atoms with Gasteiger partial charge in [0.2, 0.25) is 0 Å². The molecule has 2 fully saturated rings. The highest BCUT2D eigenvalue weighted by atomic mass is 16.5. The third-order valence-corrected chi connectivity index (χ3v) is 5.04. The molecule has 0 radical (unpaired) electrons. The molecule has 122 valence electrons. The number of likely N-dealkylation sites (tertiary alicyclic amines) is 1. The Kier molecular flexibility index (Phi) is 4.49. The molecule has 0 aliphatic carbocycles. The average molecular weight is 306 g/mol. The minimum Gasteiger partial charge on any atom is -0.464 e. The highest BCUT2D eigenvalue weighted by Crippen LogP contribution is 2.35. The van der Waals surface area contributed by atoms with Gasteiger partial charge < -0.3 is 4.74 Å². The molecule has 6 heteroatoms. The second-order valence-electron chi connectivity index (χ2n) is 6.69. The molecule has 1 aromatic heterocycles. The summed E-state index contributed by atoms with van der Waals surface area (Å²) in [5, 5.41) is 4.33. The third-order valence-electron chi connectivity index (χ3n) is 5.04. The number of aryl methyl sites for hydroxylation is 1. The number of carbonyl (C=O) groups excluding carboxylic acids is 1. The van der Waals surface area contributed by atoms with Crippen molar-refractivity contribution in [2.24, 2.45) is 13.0 Å². The third kappa shape index (κ3) is 3.03. The van der Waals surface area contributed by atoms with E-state index in [0.29, 0.717) is 18.6 Å². The molecular weight excluding hydrogens is 280 g/mol. The van der Waals surface area contributed by atoms with Gasteiger partial charge in [-0.25, -0.2) is 0 Å². The Balaban J connectivity index is 1.73. The molecule has 0 saturated carbocycles. The summed E-state index contributed by atoms with van der Waals surface area (Å²) in [5.41, 5.74) is 1.28. The van der Waals surface area contributed by atoms with Gasteiger partial charge >= 0.3 is 5.97 Å². The van der Waals surface area contributed by atoms with Gasteiger partial charge in [0.1, 0.15) is 6.04 Å². The Labute approximate surface area is 132 Å². The predicted molar refractivity (Wildman–Crippen MR) is 83.3 cm³/mol. The maximum Gasteiger partial charge on any atom is 0.323 e. The van der Waals surface area contributed by atoms with Gasteiger partial charge in [-0.05, 0) is 39.4 Å². The SMILES string of the molecule is CN(C[C@@H]1CCCN(C)[C@H]1c1cnn(C)c1)[C@H]1CCOC1=O. The summed E-state index contributed by atoms with van der Waals surface area (Å²) < 4.78 is 6.98. The summed E-state index contributed by atoms with van der Waals surface area (Å²) in [6.07, 6.45) is 7.30. The van der Waals surface area contributed by atoms with Crippen LogP contribution in [0.15, 0.2) is 12.4 Å². The first-order valence-corrected chi connectivity index (χ1v) is 8.12. The number of likely N-dealkylation sites (N-methyl/N-ethyl adjacent to an activating group) is 1. The number of nitrogens with zero attached hydrogens (tertiary/aromatic N) is 4. The Bertz CT molecular complexity index is 530. The number of esters is 1. The molecular formula is C16H26N4O2. The first-order chi connectivity index (χ1) is 10.6. The van der Waals surface area contributed by atoms with Gasteiger partial charge in [0.25, 0.3) is 0 Å². The topological polar surface area (TPSA) is 50.6 Å². The molecule has 0 amide bonds. The van der Waals surface area contributed by atoms with Crippen molar-refractivity contribution in [3.63, 3.8) is 0 Å². The fraction of sp³-hybridized carbons (Fsp3) is 0.750. The van der Waals surface area contributed by atoms with Crippen LogP contribution in [0.3, 0.4) is 0 Å². The molecule has 3 heterocycles. The van der Waals surface area contributed by atoms with Crippen LogP contribution in [-0.2, 0) is 16.6 Å². The first-order valence-electron chi connectivity index (χ1n) is 8.12. The molecule has 6 nitrogen and oxygen atoms in total. The molecule has 0 spiro atoms. The van der Waals surface area contributed by atoms with E-state index in [0.717, 1.165) is 19.5 Å². The zero-order valence-corrected chi connectivity index (χ0v) is 13.7. The van der Waals surface area contributed by atoms with Crippen LogP contribution < -0.4 is 0 Å². The van der Waals surface area contributed by atoms with Crippen molar-refractivity contribution in [2.45, 2.75) is 31.3 Å². The van der Waals surface area contributed by atoms with E-state index in [4.69, 9.17) is 4.74 Å². The number of hydrogen-bond acceptors (Lipinski definition) is 5. The molecule has 0 aromatic carbocycles. The molecule has 2 saturated heterocycles. The van der Waals surface area contributed by atoms with E-state index in [1.165, 1.54) is 18.4 Å². The molecule has 1 aromatic rings. The van der Waals surface area contributed by atoms with Gasteiger partial charge in [0.05, 0.1) is 12.8 Å². The van der Waals surface area contributed by atoms with Crippen molar-refractivity contribution in [3.05, 3.63) is 18.0 Å². The Hall–Kier alpha value is -1.40. The van der Waals surface area contributed by atoms with Crippen molar-refractivity contribution in [2.75, 3.05) is 33.8 Å². The zero-order valence-electron chi connectivity index (χ0n) is 13.7. The minimum absolute atomic E-state index is 0.0652. The van der Waals surface area contributed by atoms with Gasteiger partial charge in [-0.3, -0.25) is 19.3 Å². The summed E-state index contributed by atoms with van der Waals surface area (Å²) in [6.45, 7) is 2.60. The van der Waals surface area contributed by atoms with Crippen LogP contribution in [0, 0.1) is 5.92 Å². The maximum absolute atomic E-state index is 11.8. The Morgan fingerprint density at radius 1 is 1.41 bits per heavy atom. The molecule has 22 heavy (non-hydrogen) atoms. The van der Waals surface area contributed by atoms with Crippen LogP contribution >= 0.6 is 0 Å². The Morgan fingerprint density at radius 3 is 2.86 bits per heavy atom. The maximum atomic E-state index is 11.8. The number of aromatic nitrogens is 2. The molecule has 0 unspecified atom stereocenters. The average Bonchev–Trinajstić information content (AvgIpc) is 3.07. The quantitative estimate of drug-likeness (QED) is 0.778. The van der Waals surface area contributed by atoms with Crippen molar-refractivity contribution in [1.82, 2.24) is 19.6 Å². The summed E-state index contributed by atoms with van der Waals surface area (Å²) in [4.78, 5) is 16.4. The lowest BCUT2D eigenvalue weighted by molar-refractivity contribution is -0.142. The standard InChI is InChI=1S/C16H26N4O2/c1-18-7-4-5-12(15(18)13-9-17-20(3)11-13)10-19(2)14-6-8-22-16(14)21/h9,11-12,14-15H,4-8,10H2,1-3H3/t12-,14-,15+/m0/s1. The van der Waals surface area contributed by atoms with Crippen LogP contribution in [0.4, 0.5) is 0 Å². The number of cyclic esters (lactones) is 1. The van der Waals surface area contributed by atoms with E-state index in [2.05, 4.69) is 28.1 Å². The van der Waals surface area contributed by atoms with E-state index in [9.17, 15) is 4.79 Å². The summed E-state index contributed by atoms with van der Waals surface area (Å²) >= 11 is 0. The lowest BCUT2D eigenvalue weighted by atomic mass is 9.85. The van der Waals surface area contributed by atoms with Crippen LogP contribution in [-0.4, -0.2) is 65.4 Å². The number of hydrogen-bond donors (Lipinski definition) is 0. The first kappa shape index (κ1) is 15.5. The highest BCUT2D eigenvalue weighted by molar-refractivity contribution is 5.77. The normalized spacial score (nSPS) is 30.0. The van der Waals surface area contributed by atoms with Crippen molar-refractivity contribution < 1.29 is 9.53 Å². The molecule has 2 aliphatic heterocycles. The van der Waals surface area contributed by atoms with Crippen molar-refractivity contribution in [1.29, 1.82) is 0 Å². The van der Waals surface area contributed by atoms with Gasteiger partial charge in [0.15, 0.2) is 0 Å². The molecule has 3 atom stereocenters. The van der Waals surface area contributed by atoms with E-state index >= 15 is 0 Å². The van der Waals surface area contributed by atoms with Crippen LogP contribution in [0.25, 0.3) is 0 Å². The highest BCUT2D eigenvalue weighted by Gasteiger charge is 2.36. The molecule has 2 aliphatic rings. The number of rotatable bonds is 4. The largest absolute Gasteiger partial charge is 0.464 e. The molecule has 0 bridgehead atoms. The lowest BCUT2D eigenvalue weighted by Gasteiger charge is -2.41. The van der Waals surface area contributed by atoms with Gasteiger partial charge in [-0.1, -0.05) is 0 Å². The number of carbonyl (C=O) groups is 1. The summed E-state index contributed by atoms with van der Waals surface area (Å²) in [5.74, 6) is 0.450. The zero-order chi connectivity index (χ0) is 15.7. The second kappa shape index (κ2) is 6.38. The van der Waals surface area contributed by atoms with E-state index in [-0.39, 0.29) is 12.0 Å². The number of ether oxygens (including phenoxy) is 1. The monoisotopic (exact) mass is 306 g/mol. The second-order valence-corrected chi connectivity index (χ2v) is 6.69. The lowest BCUT2D eigenvalue weighted by Crippen LogP contribution is -2.44. The fourth-order valence-electron chi connectivity index (χ4n) is 3.95. The molecule has 0 N–H and O–H groups in total. The van der Waals surface area contributed by atoms with Crippen LogP contribution in [0.2, 0.25) is 0 Å². The van der Waals surface area contributed by atoms with E-state index in [1.807, 2.05) is 25.0 Å².